The number of hydrogen-bond donors (Lipinski definition) is 6. The van der Waals surface area contributed by atoms with Crippen LogP contribution in [-0.4, -0.2) is 68.7 Å². The summed E-state index contributed by atoms with van der Waals surface area (Å²) in [7, 11) is 0. The number of aromatic nitrogens is 4. The van der Waals surface area contributed by atoms with Gasteiger partial charge in [0.15, 0.2) is 5.82 Å². The molecule has 1 aliphatic rings. The van der Waals surface area contributed by atoms with Gasteiger partial charge >= 0.3 is 0 Å². The molecular formula is C35H42N8O4. The second-order valence-corrected chi connectivity index (χ2v) is 12.3. The minimum Gasteiger partial charge on any atom is -0.394 e. The average molecular weight is 639 g/mol. The Balaban J connectivity index is 1.29. The van der Waals surface area contributed by atoms with E-state index in [2.05, 4.69) is 36.6 Å². The van der Waals surface area contributed by atoms with Gasteiger partial charge in [-0.1, -0.05) is 30.3 Å². The molecule has 1 aliphatic carbocycles. The molecule has 0 saturated heterocycles. The van der Waals surface area contributed by atoms with Gasteiger partial charge < -0.3 is 26.8 Å². The van der Waals surface area contributed by atoms with Gasteiger partial charge in [-0.2, -0.15) is 0 Å². The van der Waals surface area contributed by atoms with E-state index < -0.39 is 6.04 Å². The molecule has 1 saturated carbocycles. The molecule has 12 nitrogen and oxygen atoms in total. The van der Waals surface area contributed by atoms with Crippen LogP contribution in [0.1, 0.15) is 54.1 Å². The van der Waals surface area contributed by atoms with Crippen LogP contribution < -0.4 is 21.7 Å². The molecule has 5 rings (SSSR count). The molecule has 47 heavy (non-hydrogen) atoms. The number of benzene rings is 3. The number of rotatable bonds is 12. The van der Waals surface area contributed by atoms with E-state index in [9.17, 15) is 19.5 Å². The molecule has 0 bridgehead atoms. The third-order valence-electron chi connectivity index (χ3n) is 8.80. The van der Waals surface area contributed by atoms with Gasteiger partial charge in [-0.25, -0.2) is 5.10 Å². The lowest BCUT2D eigenvalue weighted by molar-refractivity contribution is -0.130. The number of anilines is 1. The van der Waals surface area contributed by atoms with Gasteiger partial charge in [0.1, 0.15) is 6.04 Å². The molecule has 1 heterocycles. The SMILES string of the molecule is Cc1cc(C(=O)NC(C)CO)ccc1-c1ccc(CC(NC(=O)[C@H]2CC[C@H](CN)CC2)C(=O)Nc2ccc(-c3nnn[nH]3)cc2)cc1. The lowest BCUT2D eigenvalue weighted by Gasteiger charge is -2.28. The number of carbonyl (C=O) groups excluding carboxylic acids is 3. The zero-order chi connectivity index (χ0) is 33.3. The molecule has 7 N–H and O–H groups in total. The van der Waals surface area contributed by atoms with Crippen LogP contribution in [0.4, 0.5) is 5.69 Å². The van der Waals surface area contributed by atoms with Crippen molar-refractivity contribution in [1.82, 2.24) is 31.3 Å². The van der Waals surface area contributed by atoms with Crippen molar-refractivity contribution in [3.8, 4) is 22.5 Å². The van der Waals surface area contributed by atoms with Crippen LogP contribution in [0.15, 0.2) is 66.7 Å². The van der Waals surface area contributed by atoms with Gasteiger partial charge in [-0.15, -0.1) is 5.10 Å². The monoisotopic (exact) mass is 638 g/mol. The number of aromatic amines is 1. The van der Waals surface area contributed by atoms with Gasteiger partial charge in [0.2, 0.25) is 11.8 Å². The van der Waals surface area contributed by atoms with Gasteiger partial charge in [0.05, 0.1) is 6.61 Å². The Hall–Kier alpha value is -4.94. The molecule has 2 unspecified atom stereocenters. The summed E-state index contributed by atoms with van der Waals surface area (Å²) in [6.07, 6.45) is 3.64. The van der Waals surface area contributed by atoms with Gasteiger partial charge in [-0.3, -0.25) is 14.4 Å². The van der Waals surface area contributed by atoms with E-state index in [1.165, 1.54) is 0 Å². The number of amides is 3. The van der Waals surface area contributed by atoms with Gasteiger partial charge in [0, 0.05) is 35.2 Å². The lowest BCUT2D eigenvalue weighted by Crippen LogP contribution is -2.48. The molecule has 0 aliphatic heterocycles. The van der Waals surface area contributed by atoms with Crippen molar-refractivity contribution in [2.24, 2.45) is 17.6 Å². The number of hydrogen-bond acceptors (Lipinski definition) is 8. The first-order valence-electron chi connectivity index (χ1n) is 16.0. The van der Waals surface area contributed by atoms with Crippen molar-refractivity contribution < 1.29 is 19.5 Å². The normalized spacial score (nSPS) is 17.4. The van der Waals surface area contributed by atoms with Crippen molar-refractivity contribution in [3.63, 3.8) is 0 Å². The Labute approximate surface area is 273 Å². The highest BCUT2D eigenvalue weighted by Gasteiger charge is 2.29. The van der Waals surface area contributed by atoms with E-state index >= 15 is 0 Å². The summed E-state index contributed by atoms with van der Waals surface area (Å²) in [5.74, 6) is 0.152. The maximum atomic E-state index is 13.6. The molecule has 1 fully saturated rings. The Kier molecular flexibility index (Phi) is 11.1. The quantitative estimate of drug-likeness (QED) is 0.136. The van der Waals surface area contributed by atoms with Crippen molar-refractivity contribution in [2.75, 3.05) is 18.5 Å². The number of aliphatic hydroxyl groups excluding tert-OH is 1. The van der Waals surface area contributed by atoms with E-state index in [-0.39, 0.29) is 36.3 Å². The van der Waals surface area contributed by atoms with Gasteiger partial charge in [-0.05, 0) is 121 Å². The zero-order valence-electron chi connectivity index (χ0n) is 26.7. The summed E-state index contributed by atoms with van der Waals surface area (Å²) in [5.41, 5.74) is 11.5. The first kappa shape index (κ1) is 33.4. The number of nitrogens with zero attached hydrogens (tertiary/aromatic N) is 3. The molecular weight excluding hydrogens is 596 g/mol. The second kappa shape index (κ2) is 15.6. The maximum Gasteiger partial charge on any atom is 0.251 e. The molecule has 246 valence electrons. The molecule has 12 heteroatoms. The highest BCUT2D eigenvalue weighted by atomic mass is 16.3. The number of H-pyrrole nitrogens is 1. The standard InChI is InChI=1S/C35H42N8O4/c1-21-17-28(34(46)37-22(2)20-44)13-16-30(21)25-7-3-23(4-8-25)18-31(39-33(45)27-9-5-24(19-36)6-10-27)35(47)38-29-14-11-26(12-15-29)32-40-42-43-41-32/h3-4,7-8,11-17,22,24,27,31,44H,5-6,9-10,18-20,36H2,1-2H3,(H,37,46)(H,38,47)(H,39,45)(H,40,41,42,43)/t22?,24-,27-,31?. The van der Waals surface area contributed by atoms with Crippen LogP contribution >= 0.6 is 0 Å². The summed E-state index contributed by atoms with van der Waals surface area (Å²) < 4.78 is 0. The maximum absolute atomic E-state index is 13.6. The zero-order valence-corrected chi connectivity index (χ0v) is 26.7. The molecule has 2 atom stereocenters. The fourth-order valence-corrected chi connectivity index (χ4v) is 5.92. The van der Waals surface area contributed by atoms with E-state index in [0.717, 1.165) is 53.5 Å². The predicted octanol–water partition coefficient (Wildman–Crippen LogP) is 3.38. The second-order valence-electron chi connectivity index (χ2n) is 12.3. The third-order valence-corrected chi connectivity index (χ3v) is 8.80. The first-order valence-corrected chi connectivity index (χ1v) is 16.0. The first-order chi connectivity index (χ1) is 22.7. The topological polar surface area (TPSA) is 188 Å². The summed E-state index contributed by atoms with van der Waals surface area (Å²) >= 11 is 0. The van der Waals surface area contributed by atoms with E-state index in [1.54, 1.807) is 37.3 Å². The van der Waals surface area contributed by atoms with E-state index in [4.69, 9.17) is 5.73 Å². The Morgan fingerprint density at radius 2 is 1.66 bits per heavy atom. The average Bonchev–Trinajstić information content (AvgIpc) is 3.64. The number of carbonyl (C=O) groups is 3. The minimum absolute atomic E-state index is 0.112. The van der Waals surface area contributed by atoms with Crippen molar-refractivity contribution in [1.29, 1.82) is 0 Å². The summed E-state index contributed by atoms with van der Waals surface area (Å²) in [6.45, 7) is 4.18. The molecule has 0 spiro atoms. The van der Waals surface area contributed by atoms with Crippen LogP contribution in [0.2, 0.25) is 0 Å². The summed E-state index contributed by atoms with van der Waals surface area (Å²) in [4.78, 5) is 39.5. The fraction of sp³-hybridized carbons (Fsp3) is 0.371. The van der Waals surface area contributed by atoms with Crippen LogP contribution in [0.3, 0.4) is 0 Å². The van der Waals surface area contributed by atoms with Crippen molar-refractivity contribution in [2.45, 2.75) is 58.0 Å². The van der Waals surface area contributed by atoms with E-state index in [1.807, 2.05) is 43.3 Å². The number of tetrazole rings is 1. The van der Waals surface area contributed by atoms with Crippen molar-refractivity contribution >= 4 is 23.4 Å². The highest BCUT2D eigenvalue weighted by Crippen LogP contribution is 2.29. The summed E-state index contributed by atoms with van der Waals surface area (Å²) in [6, 6.07) is 19.4. The number of nitrogens with two attached hydrogens (primary N) is 1. The summed E-state index contributed by atoms with van der Waals surface area (Å²) in [5, 5.41) is 31.8. The Bertz CT molecular complexity index is 1650. The number of nitrogens with one attached hydrogen (secondary N) is 4. The predicted molar refractivity (Wildman–Crippen MR) is 179 cm³/mol. The lowest BCUT2D eigenvalue weighted by atomic mass is 9.81. The molecule has 1 aromatic heterocycles. The largest absolute Gasteiger partial charge is 0.394 e. The highest BCUT2D eigenvalue weighted by molar-refractivity contribution is 5.98. The Morgan fingerprint density at radius 1 is 0.957 bits per heavy atom. The molecule has 3 amide bonds. The van der Waals surface area contributed by atoms with Crippen LogP contribution in [-0.2, 0) is 16.0 Å². The van der Waals surface area contributed by atoms with Crippen LogP contribution in [0.5, 0.6) is 0 Å². The molecule has 0 radical (unpaired) electrons. The van der Waals surface area contributed by atoms with Crippen LogP contribution in [0, 0.1) is 18.8 Å². The van der Waals surface area contributed by atoms with Gasteiger partial charge in [0.25, 0.3) is 5.91 Å². The number of aryl methyl sites for hydroxylation is 1. The minimum atomic E-state index is -0.792. The third kappa shape index (κ3) is 8.66. The fourth-order valence-electron chi connectivity index (χ4n) is 5.92. The smallest absolute Gasteiger partial charge is 0.251 e. The van der Waals surface area contributed by atoms with Crippen molar-refractivity contribution in [3.05, 3.63) is 83.4 Å². The molecule has 4 aromatic rings. The Morgan fingerprint density at radius 3 is 2.28 bits per heavy atom. The number of aliphatic hydroxyl groups is 1. The van der Waals surface area contributed by atoms with Crippen LogP contribution in [0.25, 0.3) is 22.5 Å². The molecule has 3 aromatic carbocycles. The van der Waals surface area contributed by atoms with E-state index in [0.29, 0.717) is 36.0 Å².